The number of ether oxygens (including phenoxy) is 2. The van der Waals surface area contributed by atoms with Crippen LogP contribution in [0.15, 0.2) is 36.4 Å². The van der Waals surface area contributed by atoms with E-state index in [1.54, 1.807) is 44.4 Å². The van der Waals surface area contributed by atoms with Crippen molar-refractivity contribution in [2.75, 3.05) is 34.3 Å². The van der Waals surface area contributed by atoms with Gasteiger partial charge in [-0.2, -0.15) is 0 Å². The Balaban J connectivity index is 2.08. The van der Waals surface area contributed by atoms with Crippen LogP contribution in [0.1, 0.15) is 84.8 Å². The predicted octanol–water partition coefficient (Wildman–Crippen LogP) is 4.79. The summed E-state index contributed by atoms with van der Waals surface area (Å²) < 4.78 is 11.0. The number of aromatic hydroxyl groups is 2. The number of benzene rings is 2. The first-order chi connectivity index (χ1) is 19.6. The molecule has 3 N–H and O–H groups in total. The van der Waals surface area contributed by atoms with Crippen molar-refractivity contribution in [3.05, 3.63) is 58.7 Å². The third kappa shape index (κ3) is 9.08. The minimum absolute atomic E-state index is 0.0689. The molecule has 0 radical (unpaired) electrons. The molecule has 0 aliphatic carbocycles. The van der Waals surface area contributed by atoms with Gasteiger partial charge in [-0.3, -0.25) is 9.59 Å². The number of fused-ring (bicyclic) bond motifs is 1. The van der Waals surface area contributed by atoms with Gasteiger partial charge in [0.1, 0.15) is 28.6 Å². The average Bonchev–Trinajstić information content (AvgIpc) is 2.91. The van der Waals surface area contributed by atoms with Gasteiger partial charge in [-0.05, 0) is 76.0 Å². The molecule has 41 heavy (non-hydrogen) atoms. The Bertz CT molecular complexity index is 1240. The Hall–Kier alpha value is -3.85. The van der Waals surface area contributed by atoms with Crippen molar-refractivity contribution < 1.29 is 34.1 Å². The van der Waals surface area contributed by atoms with Gasteiger partial charge in [-0.15, -0.1) is 0 Å². The fourth-order valence-corrected chi connectivity index (χ4v) is 4.92. The number of ketones is 1. The number of carbonyl (C=O) groups is 3. The lowest BCUT2D eigenvalue weighted by Crippen LogP contribution is -2.32. The number of phenolic OH excluding ortho intramolecular Hbond substituents is 2. The molecule has 222 valence electrons. The van der Waals surface area contributed by atoms with E-state index in [2.05, 4.69) is 5.32 Å². The van der Waals surface area contributed by atoms with E-state index in [1.165, 1.54) is 6.07 Å². The first-order valence-corrected chi connectivity index (χ1v) is 14.1. The molecule has 1 aliphatic rings. The second-order valence-corrected chi connectivity index (χ2v) is 10.7. The van der Waals surface area contributed by atoms with Crippen LogP contribution in [0.2, 0.25) is 0 Å². The second-order valence-electron chi connectivity index (χ2n) is 10.7. The van der Waals surface area contributed by atoms with Crippen LogP contribution in [-0.4, -0.2) is 73.2 Å². The van der Waals surface area contributed by atoms with Crippen LogP contribution in [0.5, 0.6) is 17.2 Å². The van der Waals surface area contributed by atoms with Crippen LogP contribution in [-0.2, 0) is 14.3 Å². The first kappa shape index (κ1) is 31.7. The Labute approximate surface area is 242 Å². The van der Waals surface area contributed by atoms with Crippen LogP contribution in [0.3, 0.4) is 0 Å². The SMILES string of the molecule is COc1ccc(C(CC(=O)NCCN(C)C)c2c(O)cc3c(c2O)C(=O)O[C@@H](C)CCCC(=O)CCC/C=C/3)cc1. The zero-order valence-electron chi connectivity index (χ0n) is 24.4. The molecule has 2 atom stereocenters. The first-order valence-electron chi connectivity index (χ1n) is 14.1. The zero-order chi connectivity index (χ0) is 29.9. The molecule has 0 aromatic heterocycles. The highest BCUT2D eigenvalue weighted by Crippen LogP contribution is 2.44. The molecule has 3 rings (SSSR count). The number of Topliss-reactive ketones (excluding diaryl/α,β-unsaturated/α-hetero) is 1. The number of nitrogens with zero attached hydrogens (tertiary/aromatic N) is 1. The number of hydrogen-bond acceptors (Lipinski definition) is 8. The molecule has 0 fully saturated rings. The second kappa shape index (κ2) is 15.2. The smallest absolute Gasteiger partial charge is 0.342 e. The van der Waals surface area contributed by atoms with Gasteiger partial charge in [-0.25, -0.2) is 4.79 Å². The molecule has 1 amide bonds. The quantitative estimate of drug-likeness (QED) is 0.390. The highest BCUT2D eigenvalue weighted by molar-refractivity contribution is 5.98. The summed E-state index contributed by atoms with van der Waals surface area (Å²) in [5, 5.41) is 25.7. The summed E-state index contributed by atoms with van der Waals surface area (Å²) in [6.45, 7) is 2.84. The number of methoxy groups -OCH3 is 1. The maximum Gasteiger partial charge on any atom is 0.342 e. The topological polar surface area (TPSA) is 125 Å². The van der Waals surface area contributed by atoms with Gasteiger partial charge in [0.25, 0.3) is 0 Å². The maximum absolute atomic E-state index is 13.4. The van der Waals surface area contributed by atoms with Gasteiger partial charge >= 0.3 is 5.97 Å². The monoisotopic (exact) mass is 566 g/mol. The fourth-order valence-electron chi connectivity index (χ4n) is 4.92. The predicted molar refractivity (Wildman–Crippen MR) is 157 cm³/mol. The molecule has 2 aromatic carbocycles. The molecule has 0 saturated carbocycles. The minimum atomic E-state index is -0.765. The van der Waals surface area contributed by atoms with E-state index in [0.29, 0.717) is 68.5 Å². The van der Waals surface area contributed by atoms with Gasteiger partial charge in [0.15, 0.2) is 0 Å². The molecule has 9 nitrogen and oxygen atoms in total. The van der Waals surface area contributed by atoms with Crippen molar-refractivity contribution in [1.82, 2.24) is 10.2 Å². The molecular formula is C32H42N2O7. The summed E-state index contributed by atoms with van der Waals surface area (Å²) in [5.41, 5.74) is 0.956. The molecule has 1 unspecified atom stereocenters. The number of cyclic esters (lactones) is 1. The van der Waals surface area contributed by atoms with E-state index in [1.807, 2.05) is 25.1 Å². The number of esters is 1. The number of phenols is 2. The van der Waals surface area contributed by atoms with Gasteiger partial charge in [0.05, 0.1) is 13.2 Å². The van der Waals surface area contributed by atoms with Crippen LogP contribution >= 0.6 is 0 Å². The van der Waals surface area contributed by atoms with E-state index < -0.39 is 23.7 Å². The zero-order valence-corrected chi connectivity index (χ0v) is 24.4. The molecule has 9 heteroatoms. The molecule has 1 heterocycles. The van der Waals surface area contributed by atoms with E-state index >= 15 is 0 Å². The number of carbonyl (C=O) groups excluding carboxylic acids is 3. The van der Waals surface area contributed by atoms with Gasteiger partial charge < -0.3 is 29.9 Å². The van der Waals surface area contributed by atoms with Crippen molar-refractivity contribution in [1.29, 1.82) is 0 Å². The summed E-state index contributed by atoms with van der Waals surface area (Å²) >= 11 is 0. The highest BCUT2D eigenvalue weighted by atomic mass is 16.5. The van der Waals surface area contributed by atoms with E-state index in [-0.39, 0.29) is 35.0 Å². The number of allylic oxidation sites excluding steroid dienone is 1. The fraction of sp³-hybridized carbons (Fsp3) is 0.469. The van der Waals surface area contributed by atoms with Crippen molar-refractivity contribution in [3.63, 3.8) is 0 Å². The normalized spacial score (nSPS) is 18.1. The van der Waals surface area contributed by atoms with Crippen LogP contribution in [0.4, 0.5) is 0 Å². The van der Waals surface area contributed by atoms with Crippen LogP contribution in [0, 0.1) is 0 Å². The Kier molecular flexibility index (Phi) is 11.8. The lowest BCUT2D eigenvalue weighted by Gasteiger charge is -2.23. The van der Waals surface area contributed by atoms with Crippen LogP contribution in [0.25, 0.3) is 6.08 Å². The number of rotatable bonds is 8. The number of hydrogen-bond donors (Lipinski definition) is 3. The van der Waals surface area contributed by atoms with Gasteiger partial charge in [0, 0.05) is 43.8 Å². The Morgan fingerprint density at radius 2 is 1.85 bits per heavy atom. The average molecular weight is 567 g/mol. The molecule has 0 spiro atoms. The van der Waals surface area contributed by atoms with Crippen molar-refractivity contribution in [3.8, 4) is 17.2 Å². The minimum Gasteiger partial charge on any atom is -0.507 e. The maximum atomic E-state index is 13.4. The van der Waals surface area contributed by atoms with E-state index in [4.69, 9.17) is 9.47 Å². The third-order valence-electron chi connectivity index (χ3n) is 7.19. The summed E-state index contributed by atoms with van der Waals surface area (Å²) in [6.07, 6.45) is 6.20. The van der Waals surface area contributed by atoms with Crippen LogP contribution < -0.4 is 10.1 Å². The number of likely N-dealkylation sites (N-methyl/N-ethyl adjacent to an activating group) is 1. The highest BCUT2D eigenvalue weighted by Gasteiger charge is 2.31. The molecule has 0 bridgehead atoms. The summed E-state index contributed by atoms with van der Waals surface area (Å²) in [4.78, 5) is 40.5. The molecular weight excluding hydrogens is 524 g/mol. The summed E-state index contributed by atoms with van der Waals surface area (Å²) in [6, 6.07) is 8.43. The van der Waals surface area contributed by atoms with Gasteiger partial charge in [0.2, 0.25) is 5.91 Å². The van der Waals surface area contributed by atoms with Crippen molar-refractivity contribution in [2.24, 2.45) is 0 Å². The standard InChI is InChI=1S/C32H42N2O7/c1-21-9-8-12-24(35)11-7-5-6-10-23-19-27(36)30(31(38)29(23)32(39)41-21)26(20-28(37)33-17-18-34(2)3)22-13-15-25(40-4)16-14-22/h6,10,13-16,19,21,26,36,38H,5,7-9,11-12,17-18,20H2,1-4H3,(H,33,37)/b10-6+/t21-,26?/m0/s1. The lowest BCUT2D eigenvalue weighted by atomic mass is 9.84. The molecule has 1 aliphatic heterocycles. The number of amides is 1. The summed E-state index contributed by atoms with van der Waals surface area (Å²) in [5.74, 6) is -1.63. The van der Waals surface area contributed by atoms with Crippen molar-refractivity contribution in [2.45, 2.75) is 63.9 Å². The Morgan fingerprint density at radius 3 is 2.54 bits per heavy atom. The Morgan fingerprint density at radius 1 is 1.15 bits per heavy atom. The summed E-state index contributed by atoms with van der Waals surface area (Å²) in [7, 11) is 5.37. The largest absolute Gasteiger partial charge is 0.507 e. The number of nitrogens with one attached hydrogen (secondary N) is 1. The van der Waals surface area contributed by atoms with Gasteiger partial charge in [-0.1, -0.05) is 24.3 Å². The van der Waals surface area contributed by atoms with Crippen molar-refractivity contribution >= 4 is 23.7 Å². The van der Waals surface area contributed by atoms with E-state index in [9.17, 15) is 24.6 Å². The van der Waals surface area contributed by atoms with E-state index in [0.717, 1.165) is 0 Å². The lowest BCUT2D eigenvalue weighted by molar-refractivity contribution is -0.121. The molecule has 0 saturated heterocycles. The molecule has 2 aromatic rings. The third-order valence-corrected chi connectivity index (χ3v) is 7.19.